The maximum absolute atomic E-state index is 11.4. The first-order chi connectivity index (χ1) is 5.25. The fourth-order valence-electron chi connectivity index (χ4n) is 0.642. The van der Waals surface area contributed by atoms with Crippen LogP contribution in [0.3, 0.4) is 0 Å². The van der Waals surface area contributed by atoms with Crippen LogP contribution in [-0.2, 0) is 4.79 Å². The van der Waals surface area contributed by atoms with Crippen molar-refractivity contribution >= 4 is 11.5 Å². The van der Waals surface area contributed by atoms with E-state index in [1.807, 2.05) is 34.6 Å². The van der Waals surface area contributed by atoms with Gasteiger partial charge in [-0.1, -0.05) is 34.6 Å². The summed E-state index contributed by atoms with van der Waals surface area (Å²) in [6.07, 6.45) is 0.307. The molecule has 0 amide bonds. The van der Waals surface area contributed by atoms with Gasteiger partial charge in [0.25, 0.3) is 0 Å². The van der Waals surface area contributed by atoms with Crippen LogP contribution in [0, 0.1) is 16.7 Å². The standard InChI is InChI=1S/C10H19NO/c1-7(2)8(11)6-9(12)10(3,4)5/h7,11H,6H2,1-5H3. The average Bonchev–Trinajstić information content (AvgIpc) is 1.85. The highest BCUT2D eigenvalue weighted by Gasteiger charge is 2.22. The molecule has 0 saturated heterocycles. The van der Waals surface area contributed by atoms with Crippen molar-refractivity contribution in [1.29, 1.82) is 5.41 Å². The van der Waals surface area contributed by atoms with Gasteiger partial charge in [-0.05, 0) is 5.92 Å². The predicted molar refractivity (Wildman–Crippen MR) is 51.6 cm³/mol. The molecular formula is C10H19NO. The van der Waals surface area contributed by atoms with E-state index in [0.717, 1.165) is 0 Å². The van der Waals surface area contributed by atoms with Crippen molar-refractivity contribution in [2.75, 3.05) is 0 Å². The number of nitrogens with one attached hydrogen (secondary N) is 1. The molecule has 0 aromatic heterocycles. The average molecular weight is 169 g/mol. The fourth-order valence-corrected chi connectivity index (χ4v) is 0.642. The summed E-state index contributed by atoms with van der Waals surface area (Å²) in [5.74, 6) is 0.345. The number of carbonyl (C=O) groups is 1. The lowest BCUT2D eigenvalue weighted by Crippen LogP contribution is -2.24. The number of ketones is 1. The van der Waals surface area contributed by atoms with E-state index in [2.05, 4.69) is 0 Å². The zero-order chi connectivity index (χ0) is 9.94. The predicted octanol–water partition coefficient (Wildman–Crippen LogP) is 2.67. The van der Waals surface area contributed by atoms with Gasteiger partial charge >= 0.3 is 0 Å². The molecule has 0 heterocycles. The molecule has 0 saturated carbocycles. The normalized spacial score (nSPS) is 11.8. The molecule has 0 aromatic carbocycles. The summed E-state index contributed by atoms with van der Waals surface area (Å²) in [4.78, 5) is 11.4. The molecule has 2 heteroatoms. The molecule has 0 aliphatic carbocycles. The Bertz CT molecular complexity index is 187. The molecule has 0 aromatic rings. The van der Waals surface area contributed by atoms with Crippen LogP contribution in [0.1, 0.15) is 41.0 Å². The maximum atomic E-state index is 11.4. The van der Waals surface area contributed by atoms with Gasteiger partial charge in [0.2, 0.25) is 0 Å². The fraction of sp³-hybridized carbons (Fsp3) is 0.800. The number of Topliss-reactive ketones (excluding diaryl/α,β-unsaturated/α-hetero) is 1. The molecule has 0 bridgehead atoms. The van der Waals surface area contributed by atoms with Gasteiger partial charge in [-0.3, -0.25) is 4.79 Å². The van der Waals surface area contributed by atoms with E-state index < -0.39 is 0 Å². The van der Waals surface area contributed by atoms with Gasteiger partial charge in [0.15, 0.2) is 0 Å². The molecule has 0 radical (unpaired) electrons. The third-order valence-corrected chi connectivity index (χ3v) is 1.88. The second-order valence-electron chi connectivity index (χ2n) is 4.53. The quantitative estimate of drug-likeness (QED) is 0.648. The molecule has 0 aliphatic rings. The number of hydrogen-bond donors (Lipinski definition) is 1. The van der Waals surface area contributed by atoms with E-state index in [4.69, 9.17) is 5.41 Å². The summed E-state index contributed by atoms with van der Waals surface area (Å²) in [6, 6.07) is 0. The van der Waals surface area contributed by atoms with Crippen LogP contribution in [0.2, 0.25) is 0 Å². The molecule has 12 heavy (non-hydrogen) atoms. The van der Waals surface area contributed by atoms with Crippen molar-refractivity contribution in [3.63, 3.8) is 0 Å². The third kappa shape index (κ3) is 3.65. The molecule has 0 fully saturated rings. The molecule has 0 unspecified atom stereocenters. The van der Waals surface area contributed by atoms with Gasteiger partial charge in [0.1, 0.15) is 5.78 Å². The minimum absolute atomic E-state index is 0.154. The minimum atomic E-state index is -0.304. The molecule has 0 aliphatic heterocycles. The summed E-state index contributed by atoms with van der Waals surface area (Å²) >= 11 is 0. The molecule has 2 nitrogen and oxygen atoms in total. The Morgan fingerprint density at radius 2 is 1.75 bits per heavy atom. The third-order valence-electron chi connectivity index (χ3n) is 1.88. The summed E-state index contributed by atoms with van der Waals surface area (Å²) in [7, 11) is 0. The maximum Gasteiger partial charge on any atom is 0.143 e. The van der Waals surface area contributed by atoms with Crippen molar-refractivity contribution in [2.45, 2.75) is 41.0 Å². The molecular weight excluding hydrogens is 150 g/mol. The van der Waals surface area contributed by atoms with Gasteiger partial charge in [0.05, 0.1) is 0 Å². The Balaban J connectivity index is 4.12. The van der Waals surface area contributed by atoms with Crippen molar-refractivity contribution in [3.8, 4) is 0 Å². The van der Waals surface area contributed by atoms with Gasteiger partial charge in [-0.2, -0.15) is 0 Å². The Labute approximate surface area is 74.9 Å². The Morgan fingerprint density at radius 3 is 2.00 bits per heavy atom. The number of rotatable bonds is 3. The zero-order valence-electron chi connectivity index (χ0n) is 8.69. The minimum Gasteiger partial charge on any atom is -0.309 e. The monoisotopic (exact) mass is 169 g/mol. The summed E-state index contributed by atoms with van der Waals surface area (Å²) < 4.78 is 0. The van der Waals surface area contributed by atoms with Crippen LogP contribution in [0.25, 0.3) is 0 Å². The highest BCUT2D eigenvalue weighted by Crippen LogP contribution is 2.17. The van der Waals surface area contributed by atoms with E-state index in [-0.39, 0.29) is 17.1 Å². The van der Waals surface area contributed by atoms with E-state index in [1.54, 1.807) is 0 Å². The van der Waals surface area contributed by atoms with Crippen LogP contribution in [-0.4, -0.2) is 11.5 Å². The lowest BCUT2D eigenvalue weighted by molar-refractivity contribution is -0.125. The first kappa shape index (κ1) is 11.3. The van der Waals surface area contributed by atoms with Crippen LogP contribution < -0.4 is 0 Å². The highest BCUT2D eigenvalue weighted by molar-refractivity contribution is 6.03. The Hall–Kier alpha value is -0.660. The Kier molecular flexibility index (Phi) is 3.62. The SMILES string of the molecule is CC(C)C(=N)CC(=O)C(C)(C)C. The molecule has 0 rings (SSSR count). The van der Waals surface area contributed by atoms with Crippen LogP contribution in [0.5, 0.6) is 0 Å². The summed E-state index contributed by atoms with van der Waals surface area (Å²) in [5.41, 5.74) is 0.233. The van der Waals surface area contributed by atoms with E-state index >= 15 is 0 Å². The van der Waals surface area contributed by atoms with E-state index in [0.29, 0.717) is 12.1 Å². The molecule has 70 valence electrons. The van der Waals surface area contributed by atoms with Crippen molar-refractivity contribution < 1.29 is 4.79 Å². The highest BCUT2D eigenvalue weighted by atomic mass is 16.1. The van der Waals surface area contributed by atoms with E-state index in [9.17, 15) is 4.79 Å². The first-order valence-electron chi connectivity index (χ1n) is 4.35. The molecule has 0 spiro atoms. The zero-order valence-corrected chi connectivity index (χ0v) is 8.69. The van der Waals surface area contributed by atoms with Crippen molar-refractivity contribution in [3.05, 3.63) is 0 Å². The lowest BCUT2D eigenvalue weighted by atomic mass is 9.86. The second-order valence-corrected chi connectivity index (χ2v) is 4.53. The smallest absolute Gasteiger partial charge is 0.143 e. The van der Waals surface area contributed by atoms with Gasteiger partial charge < -0.3 is 5.41 Å². The van der Waals surface area contributed by atoms with Gasteiger partial charge in [-0.25, -0.2) is 0 Å². The molecule has 0 atom stereocenters. The van der Waals surface area contributed by atoms with Crippen LogP contribution in [0.4, 0.5) is 0 Å². The summed E-state index contributed by atoms with van der Waals surface area (Å²) in [6.45, 7) is 9.56. The van der Waals surface area contributed by atoms with Crippen LogP contribution in [0.15, 0.2) is 0 Å². The second kappa shape index (κ2) is 3.83. The number of carbonyl (C=O) groups excluding carboxylic acids is 1. The van der Waals surface area contributed by atoms with Crippen molar-refractivity contribution in [2.24, 2.45) is 11.3 Å². The van der Waals surface area contributed by atoms with Crippen molar-refractivity contribution in [1.82, 2.24) is 0 Å². The van der Waals surface area contributed by atoms with Gasteiger partial charge in [-0.15, -0.1) is 0 Å². The van der Waals surface area contributed by atoms with Crippen LogP contribution >= 0.6 is 0 Å². The molecule has 1 N–H and O–H groups in total. The van der Waals surface area contributed by atoms with E-state index in [1.165, 1.54) is 0 Å². The van der Waals surface area contributed by atoms with Gasteiger partial charge in [0, 0.05) is 17.5 Å². The largest absolute Gasteiger partial charge is 0.309 e. The number of hydrogen-bond acceptors (Lipinski definition) is 2. The first-order valence-corrected chi connectivity index (χ1v) is 4.35. The topological polar surface area (TPSA) is 40.9 Å². The summed E-state index contributed by atoms with van der Waals surface area (Å²) in [5, 5.41) is 7.53. The Morgan fingerprint density at radius 1 is 1.33 bits per heavy atom. The lowest BCUT2D eigenvalue weighted by Gasteiger charge is -2.17.